The van der Waals surface area contributed by atoms with Gasteiger partial charge in [-0.2, -0.15) is 0 Å². The number of morpholine rings is 1. The normalized spacial score (nSPS) is 19.7. The summed E-state index contributed by atoms with van der Waals surface area (Å²) in [5.41, 5.74) is 0.162. The number of benzene rings is 1. The number of carbonyl (C=O) groups is 3. The maximum atomic E-state index is 14.7. The number of nitrogens with zero attached hydrogens (tertiary/aromatic N) is 2. The van der Waals surface area contributed by atoms with Crippen molar-refractivity contribution in [3.8, 4) is 0 Å². The van der Waals surface area contributed by atoms with Crippen molar-refractivity contribution in [1.29, 1.82) is 0 Å². The zero-order valence-corrected chi connectivity index (χ0v) is 19.4. The predicted molar refractivity (Wildman–Crippen MR) is 119 cm³/mol. The molecule has 10 nitrogen and oxygen atoms in total. The van der Waals surface area contributed by atoms with Gasteiger partial charge in [0.25, 0.3) is 0 Å². The van der Waals surface area contributed by atoms with Gasteiger partial charge in [-0.25, -0.2) is 14.0 Å². The number of carbonyl (C=O) groups excluding carboxylic acids is 3. The van der Waals surface area contributed by atoms with E-state index in [2.05, 4.69) is 10.6 Å². The highest BCUT2D eigenvalue weighted by atomic mass is 19.1. The molecule has 11 heteroatoms. The number of nitrogens with one attached hydrogen (secondary N) is 2. The molecule has 0 radical (unpaired) electrons. The van der Waals surface area contributed by atoms with Gasteiger partial charge in [-0.15, -0.1) is 0 Å². The Bertz CT molecular complexity index is 884. The van der Waals surface area contributed by atoms with E-state index in [1.165, 1.54) is 17.9 Å². The van der Waals surface area contributed by atoms with Crippen LogP contribution >= 0.6 is 0 Å². The summed E-state index contributed by atoms with van der Waals surface area (Å²) >= 11 is 0. The van der Waals surface area contributed by atoms with Gasteiger partial charge in [-0.1, -0.05) is 0 Å². The molecule has 1 aromatic rings. The van der Waals surface area contributed by atoms with Gasteiger partial charge < -0.3 is 29.7 Å². The van der Waals surface area contributed by atoms with Crippen LogP contribution in [0.25, 0.3) is 0 Å². The van der Waals surface area contributed by atoms with E-state index >= 15 is 0 Å². The minimum Gasteiger partial charge on any atom is -0.444 e. The standard InChI is InChI=1S/C22H31FN4O6/c1-14(25-20(29)33-22(2,3)4)19(28)24-12-16-13-27(21(30)32-16)15-5-6-18(17(23)11-15)26-7-9-31-10-8-26/h5-6,11,14,16H,7-10,12-13H2,1-4H3,(H,24,28)(H,25,29)/t14?,16-/m0/s1. The second-order valence-corrected chi connectivity index (χ2v) is 8.96. The quantitative estimate of drug-likeness (QED) is 0.660. The van der Waals surface area contributed by atoms with E-state index in [1.54, 1.807) is 32.9 Å². The van der Waals surface area contributed by atoms with E-state index in [0.717, 1.165) is 0 Å². The Balaban J connectivity index is 1.51. The van der Waals surface area contributed by atoms with Crippen molar-refractivity contribution < 1.29 is 33.0 Å². The maximum absolute atomic E-state index is 14.7. The van der Waals surface area contributed by atoms with Crippen molar-refractivity contribution in [2.45, 2.75) is 45.4 Å². The Morgan fingerprint density at radius 2 is 1.97 bits per heavy atom. The Kier molecular flexibility index (Phi) is 7.62. The van der Waals surface area contributed by atoms with Crippen LogP contribution in [-0.2, 0) is 19.0 Å². The first-order valence-electron chi connectivity index (χ1n) is 10.9. The lowest BCUT2D eigenvalue weighted by atomic mass is 10.2. The van der Waals surface area contributed by atoms with Crippen molar-refractivity contribution in [1.82, 2.24) is 10.6 Å². The summed E-state index contributed by atoms with van der Waals surface area (Å²) in [7, 11) is 0. The monoisotopic (exact) mass is 466 g/mol. The fourth-order valence-corrected chi connectivity index (χ4v) is 3.48. The highest BCUT2D eigenvalue weighted by Gasteiger charge is 2.33. The second kappa shape index (κ2) is 10.2. The molecule has 2 aliphatic rings. The minimum atomic E-state index is -0.838. The third-order valence-corrected chi connectivity index (χ3v) is 5.10. The largest absolute Gasteiger partial charge is 0.444 e. The molecule has 182 valence electrons. The number of rotatable bonds is 6. The lowest BCUT2D eigenvalue weighted by molar-refractivity contribution is -0.123. The first kappa shape index (κ1) is 24.6. The molecule has 2 atom stereocenters. The van der Waals surface area contributed by atoms with Crippen molar-refractivity contribution in [2.75, 3.05) is 49.2 Å². The zero-order chi connectivity index (χ0) is 24.2. The molecule has 0 spiro atoms. The Morgan fingerprint density at radius 1 is 1.27 bits per heavy atom. The molecule has 2 heterocycles. The molecule has 2 N–H and O–H groups in total. The molecule has 33 heavy (non-hydrogen) atoms. The number of cyclic esters (lactones) is 1. The van der Waals surface area contributed by atoms with E-state index in [4.69, 9.17) is 14.2 Å². The van der Waals surface area contributed by atoms with E-state index < -0.39 is 41.7 Å². The summed E-state index contributed by atoms with van der Waals surface area (Å²) < 4.78 is 30.4. The minimum absolute atomic E-state index is 0.0513. The van der Waals surface area contributed by atoms with Crippen LogP contribution in [0.15, 0.2) is 18.2 Å². The number of alkyl carbamates (subject to hydrolysis) is 1. The van der Waals surface area contributed by atoms with Crippen LogP contribution in [0.1, 0.15) is 27.7 Å². The highest BCUT2D eigenvalue weighted by molar-refractivity contribution is 5.90. The Hall–Kier alpha value is -3.08. The van der Waals surface area contributed by atoms with Gasteiger partial charge in [-0.3, -0.25) is 9.69 Å². The number of anilines is 2. The Morgan fingerprint density at radius 3 is 2.61 bits per heavy atom. The van der Waals surface area contributed by atoms with Gasteiger partial charge in [-0.05, 0) is 45.9 Å². The number of hydrogen-bond donors (Lipinski definition) is 2. The smallest absolute Gasteiger partial charge is 0.414 e. The van der Waals surface area contributed by atoms with Gasteiger partial charge in [0.2, 0.25) is 5.91 Å². The molecular weight excluding hydrogens is 435 g/mol. The number of hydrogen-bond acceptors (Lipinski definition) is 7. The number of halogens is 1. The van der Waals surface area contributed by atoms with E-state index in [9.17, 15) is 18.8 Å². The molecule has 1 aromatic carbocycles. The first-order chi connectivity index (χ1) is 15.5. The molecule has 2 fully saturated rings. The Labute approximate surface area is 192 Å². The van der Waals surface area contributed by atoms with Gasteiger partial charge in [0.05, 0.1) is 37.7 Å². The van der Waals surface area contributed by atoms with E-state index in [1.807, 2.05) is 4.90 Å². The summed E-state index contributed by atoms with van der Waals surface area (Å²) in [6, 6.07) is 3.78. The van der Waals surface area contributed by atoms with Gasteiger partial charge in [0, 0.05) is 13.1 Å². The summed E-state index contributed by atoms with van der Waals surface area (Å²) in [4.78, 5) is 39.6. The van der Waals surface area contributed by atoms with Gasteiger partial charge in [0.15, 0.2) is 0 Å². The van der Waals surface area contributed by atoms with E-state index in [0.29, 0.717) is 37.7 Å². The van der Waals surface area contributed by atoms with Crippen LogP contribution in [0.5, 0.6) is 0 Å². The van der Waals surface area contributed by atoms with Crippen molar-refractivity contribution in [3.63, 3.8) is 0 Å². The fraction of sp³-hybridized carbons (Fsp3) is 0.591. The van der Waals surface area contributed by atoms with Crippen molar-refractivity contribution in [3.05, 3.63) is 24.0 Å². The SMILES string of the molecule is CC(NC(=O)OC(C)(C)C)C(=O)NC[C@H]1CN(c2ccc(N3CCOCC3)c(F)c2)C(=O)O1. The van der Waals surface area contributed by atoms with Gasteiger partial charge >= 0.3 is 12.2 Å². The van der Waals surface area contributed by atoms with Gasteiger partial charge in [0.1, 0.15) is 23.6 Å². The van der Waals surface area contributed by atoms with Crippen LogP contribution in [0, 0.1) is 5.82 Å². The average molecular weight is 467 g/mol. The second-order valence-electron chi connectivity index (χ2n) is 8.96. The summed E-state index contributed by atoms with van der Waals surface area (Å²) in [6.45, 7) is 9.18. The van der Waals surface area contributed by atoms with Crippen LogP contribution in [0.3, 0.4) is 0 Å². The summed E-state index contributed by atoms with van der Waals surface area (Å²) in [6.07, 6.45) is -1.93. The van der Waals surface area contributed by atoms with Crippen molar-refractivity contribution in [2.24, 2.45) is 0 Å². The molecule has 2 aliphatic heterocycles. The molecule has 2 saturated heterocycles. The molecule has 0 bridgehead atoms. The maximum Gasteiger partial charge on any atom is 0.414 e. The molecule has 1 unspecified atom stereocenters. The third kappa shape index (κ3) is 6.70. The fourth-order valence-electron chi connectivity index (χ4n) is 3.48. The predicted octanol–water partition coefficient (Wildman–Crippen LogP) is 2.02. The molecular formula is C22H31FN4O6. The summed E-state index contributed by atoms with van der Waals surface area (Å²) in [5.74, 6) is -0.878. The number of ether oxygens (including phenoxy) is 3. The molecule has 0 saturated carbocycles. The lowest BCUT2D eigenvalue weighted by Gasteiger charge is -2.29. The molecule has 3 amide bonds. The van der Waals surface area contributed by atoms with Crippen LogP contribution in [-0.4, -0.2) is 75.2 Å². The molecule has 3 rings (SSSR count). The third-order valence-electron chi connectivity index (χ3n) is 5.10. The average Bonchev–Trinajstić information content (AvgIpc) is 3.11. The molecule has 0 aromatic heterocycles. The van der Waals surface area contributed by atoms with Crippen molar-refractivity contribution >= 4 is 29.5 Å². The van der Waals surface area contributed by atoms with E-state index in [-0.39, 0.29) is 13.1 Å². The molecule has 0 aliphatic carbocycles. The lowest BCUT2D eigenvalue weighted by Crippen LogP contribution is -2.48. The highest BCUT2D eigenvalue weighted by Crippen LogP contribution is 2.28. The first-order valence-corrected chi connectivity index (χ1v) is 10.9. The summed E-state index contributed by atoms with van der Waals surface area (Å²) in [5, 5.41) is 5.09. The van der Waals surface area contributed by atoms with Crippen LogP contribution < -0.4 is 20.4 Å². The van der Waals surface area contributed by atoms with Crippen LogP contribution in [0.2, 0.25) is 0 Å². The zero-order valence-electron chi connectivity index (χ0n) is 19.4. The number of amides is 3. The van der Waals surface area contributed by atoms with Crippen LogP contribution in [0.4, 0.5) is 25.4 Å². The topological polar surface area (TPSA) is 109 Å².